The van der Waals surface area contributed by atoms with Gasteiger partial charge in [-0.1, -0.05) is 12.1 Å². The number of rotatable bonds is 1. The quantitative estimate of drug-likeness (QED) is 0.815. The van der Waals surface area contributed by atoms with E-state index in [9.17, 15) is 4.39 Å². The fraction of sp³-hybridized carbons (Fsp3) is 0.308. The van der Waals surface area contributed by atoms with E-state index in [1.807, 2.05) is 12.3 Å². The van der Waals surface area contributed by atoms with Crippen LogP contribution in [0.25, 0.3) is 11.3 Å². The molecule has 1 unspecified atom stereocenters. The van der Waals surface area contributed by atoms with Crippen LogP contribution in [-0.4, -0.2) is 15.6 Å². The van der Waals surface area contributed by atoms with Crippen molar-refractivity contribution in [2.24, 2.45) is 5.73 Å². The lowest BCUT2D eigenvalue weighted by molar-refractivity contribution is 0.463. The number of halogens is 1. The number of benzene rings is 1. The first-order chi connectivity index (χ1) is 8.22. The van der Waals surface area contributed by atoms with E-state index in [1.165, 1.54) is 12.1 Å². The van der Waals surface area contributed by atoms with Crippen LogP contribution in [0.3, 0.4) is 0 Å². The first kappa shape index (κ1) is 10.5. The maximum atomic E-state index is 13.1. The molecule has 0 aliphatic carbocycles. The van der Waals surface area contributed by atoms with Gasteiger partial charge in [-0.25, -0.2) is 9.37 Å². The molecule has 1 aromatic heterocycles. The molecule has 0 fully saturated rings. The van der Waals surface area contributed by atoms with Crippen LogP contribution in [0.5, 0.6) is 0 Å². The molecule has 1 aliphatic rings. The van der Waals surface area contributed by atoms with Gasteiger partial charge < -0.3 is 10.3 Å². The van der Waals surface area contributed by atoms with Gasteiger partial charge in [-0.3, -0.25) is 0 Å². The molecule has 0 amide bonds. The number of fused-ring (bicyclic) bond motifs is 1. The molecule has 2 N–H and O–H groups in total. The van der Waals surface area contributed by atoms with Crippen LogP contribution in [0.2, 0.25) is 0 Å². The van der Waals surface area contributed by atoms with Gasteiger partial charge in [0.25, 0.3) is 0 Å². The second-order valence-corrected chi connectivity index (χ2v) is 4.50. The third-order valence-corrected chi connectivity index (χ3v) is 3.17. The Labute approximate surface area is 99.1 Å². The number of hydrogen-bond donors (Lipinski definition) is 1. The molecule has 88 valence electrons. The van der Waals surface area contributed by atoms with Gasteiger partial charge in [-0.15, -0.1) is 0 Å². The summed E-state index contributed by atoms with van der Waals surface area (Å²) < 4.78 is 15.3. The molecule has 1 atom stereocenters. The SMILES string of the molecule is NC1CCn2cc(-c3cccc(F)c3)nc2C1. The lowest BCUT2D eigenvalue weighted by Gasteiger charge is -2.18. The fourth-order valence-electron chi connectivity index (χ4n) is 2.24. The monoisotopic (exact) mass is 231 g/mol. The minimum absolute atomic E-state index is 0.199. The van der Waals surface area contributed by atoms with Gasteiger partial charge in [0.1, 0.15) is 11.6 Å². The van der Waals surface area contributed by atoms with Crippen molar-refractivity contribution in [2.45, 2.75) is 25.4 Å². The summed E-state index contributed by atoms with van der Waals surface area (Å²) in [7, 11) is 0. The zero-order valence-electron chi connectivity index (χ0n) is 9.44. The van der Waals surface area contributed by atoms with Crippen LogP contribution >= 0.6 is 0 Å². The van der Waals surface area contributed by atoms with E-state index >= 15 is 0 Å². The van der Waals surface area contributed by atoms with Crippen molar-refractivity contribution in [3.63, 3.8) is 0 Å². The Hall–Kier alpha value is -1.68. The topological polar surface area (TPSA) is 43.8 Å². The van der Waals surface area contributed by atoms with Gasteiger partial charge in [0, 0.05) is 30.8 Å². The summed E-state index contributed by atoms with van der Waals surface area (Å²) in [5.41, 5.74) is 7.56. The number of aryl methyl sites for hydroxylation is 1. The van der Waals surface area contributed by atoms with Crippen LogP contribution in [0.1, 0.15) is 12.2 Å². The van der Waals surface area contributed by atoms with Gasteiger partial charge in [-0.05, 0) is 18.6 Å². The van der Waals surface area contributed by atoms with E-state index in [4.69, 9.17) is 5.73 Å². The van der Waals surface area contributed by atoms with E-state index in [0.717, 1.165) is 36.5 Å². The van der Waals surface area contributed by atoms with Gasteiger partial charge >= 0.3 is 0 Å². The number of nitrogens with zero attached hydrogens (tertiary/aromatic N) is 2. The summed E-state index contributed by atoms with van der Waals surface area (Å²) in [5.74, 6) is 0.771. The Morgan fingerprint density at radius 1 is 1.41 bits per heavy atom. The predicted molar refractivity (Wildman–Crippen MR) is 63.9 cm³/mol. The highest BCUT2D eigenvalue weighted by molar-refractivity contribution is 5.58. The van der Waals surface area contributed by atoms with Crippen LogP contribution in [0, 0.1) is 5.82 Å². The largest absolute Gasteiger partial charge is 0.334 e. The van der Waals surface area contributed by atoms with Gasteiger partial charge in [0.15, 0.2) is 0 Å². The van der Waals surface area contributed by atoms with Crippen LogP contribution in [0.15, 0.2) is 30.5 Å². The summed E-state index contributed by atoms with van der Waals surface area (Å²) in [6.07, 6.45) is 3.76. The lowest BCUT2D eigenvalue weighted by Crippen LogP contribution is -2.30. The highest BCUT2D eigenvalue weighted by atomic mass is 19.1. The predicted octanol–water partition coefficient (Wildman–Crippen LogP) is 1.96. The molecular formula is C13H14FN3. The Balaban J connectivity index is 2.00. The van der Waals surface area contributed by atoms with Crippen molar-refractivity contribution < 1.29 is 4.39 Å². The molecule has 0 saturated heterocycles. The Bertz CT molecular complexity index is 547. The van der Waals surface area contributed by atoms with Gasteiger partial charge in [0.05, 0.1) is 5.69 Å². The Kier molecular flexibility index (Phi) is 2.44. The zero-order valence-corrected chi connectivity index (χ0v) is 9.44. The van der Waals surface area contributed by atoms with Crippen molar-refractivity contribution >= 4 is 0 Å². The number of imidazole rings is 1. The van der Waals surface area contributed by atoms with E-state index in [-0.39, 0.29) is 11.9 Å². The highest BCUT2D eigenvalue weighted by Crippen LogP contribution is 2.22. The maximum absolute atomic E-state index is 13.1. The molecule has 0 radical (unpaired) electrons. The molecule has 17 heavy (non-hydrogen) atoms. The number of nitrogens with two attached hydrogens (primary N) is 1. The summed E-state index contributed by atoms with van der Waals surface area (Å²) >= 11 is 0. The molecule has 2 heterocycles. The van der Waals surface area contributed by atoms with Gasteiger partial charge in [-0.2, -0.15) is 0 Å². The maximum Gasteiger partial charge on any atom is 0.123 e. The van der Waals surface area contributed by atoms with Gasteiger partial charge in [0.2, 0.25) is 0 Å². The number of aromatic nitrogens is 2. The molecule has 2 aromatic rings. The van der Waals surface area contributed by atoms with Crippen molar-refractivity contribution in [3.8, 4) is 11.3 Å². The van der Waals surface area contributed by atoms with Crippen LogP contribution in [0.4, 0.5) is 4.39 Å². The van der Waals surface area contributed by atoms with E-state index in [1.54, 1.807) is 6.07 Å². The van der Waals surface area contributed by atoms with E-state index in [0.29, 0.717) is 0 Å². The molecule has 0 spiro atoms. The highest BCUT2D eigenvalue weighted by Gasteiger charge is 2.18. The Morgan fingerprint density at radius 2 is 2.29 bits per heavy atom. The second kappa shape index (κ2) is 3.96. The summed E-state index contributed by atoms with van der Waals surface area (Å²) in [6.45, 7) is 0.902. The third kappa shape index (κ3) is 1.96. The smallest absolute Gasteiger partial charge is 0.123 e. The fourth-order valence-corrected chi connectivity index (χ4v) is 2.24. The van der Waals surface area contributed by atoms with Crippen molar-refractivity contribution in [3.05, 3.63) is 42.1 Å². The number of hydrogen-bond acceptors (Lipinski definition) is 2. The molecule has 1 aliphatic heterocycles. The standard InChI is InChI=1S/C13H14FN3/c14-10-3-1-2-9(6-10)12-8-17-5-4-11(15)7-13(17)16-12/h1-3,6,8,11H,4-5,7,15H2. The van der Waals surface area contributed by atoms with Crippen molar-refractivity contribution in [2.75, 3.05) is 0 Å². The molecule has 0 saturated carbocycles. The summed E-state index contributed by atoms with van der Waals surface area (Å²) in [4.78, 5) is 4.53. The minimum Gasteiger partial charge on any atom is -0.334 e. The summed E-state index contributed by atoms with van der Waals surface area (Å²) in [6, 6.07) is 6.72. The zero-order chi connectivity index (χ0) is 11.8. The molecule has 1 aromatic carbocycles. The molecule has 3 rings (SSSR count). The van der Waals surface area contributed by atoms with Crippen molar-refractivity contribution in [1.82, 2.24) is 9.55 Å². The first-order valence-corrected chi connectivity index (χ1v) is 5.80. The first-order valence-electron chi connectivity index (χ1n) is 5.80. The van der Waals surface area contributed by atoms with Crippen molar-refractivity contribution in [1.29, 1.82) is 0 Å². The van der Waals surface area contributed by atoms with Crippen LogP contribution in [-0.2, 0) is 13.0 Å². The average molecular weight is 231 g/mol. The molecule has 4 heteroatoms. The average Bonchev–Trinajstić information content (AvgIpc) is 2.72. The molecular weight excluding hydrogens is 217 g/mol. The van der Waals surface area contributed by atoms with Crippen LogP contribution < -0.4 is 5.73 Å². The second-order valence-electron chi connectivity index (χ2n) is 4.50. The molecule has 0 bridgehead atoms. The third-order valence-electron chi connectivity index (χ3n) is 3.17. The normalized spacial score (nSPS) is 19.1. The summed E-state index contributed by atoms with van der Waals surface area (Å²) in [5, 5.41) is 0. The van der Waals surface area contributed by atoms with E-state index < -0.39 is 0 Å². The lowest BCUT2D eigenvalue weighted by atomic mass is 10.1. The molecule has 3 nitrogen and oxygen atoms in total. The minimum atomic E-state index is -0.231. The van der Waals surface area contributed by atoms with E-state index in [2.05, 4.69) is 9.55 Å². The Morgan fingerprint density at radius 3 is 3.12 bits per heavy atom.